The zero-order chi connectivity index (χ0) is 13.7. The molecule has 106 valence electrons. The van der Waals surface area contributed by atoms with Crippen LogP contribution in [0, 0.1) is 0 Å². The first-order chi connectivity index (χ1) is 9.16. The first kappa shape index (κ1) is 14.8. The molecule has 1 aromatic carbocycles. The van der Waals surface area contributed by atoms with Crippen molar-refractivity contribution in [3.8, 4) is 5.75 Å². The van der Waals surface area contributed by atoms with E-state index < -0.39 is 6.10 Å². The van der Waals surface area contributed by atoms with E-state index in [1.807, 2.05) is 18.2 Å². The summed E-state index contributed by atoms with van der Waals surface area (Å²) in [4.78, 5) is 2.32. The molecule has 1 heterocycles. The maximum Gasteiger partial charge on any atom is 0.125 e. The van der Waals surface area contributed by atoms with Crippen molar-refractivity contribution in [2.24, 2.45) is 0 Å². The second-order valence-electron chi connectivity index (χ2n) is 4.66. The molecule has 1 atom stereocenters. The van der Waals surface area contributed by atoms with Crippen molar-refractivity contribution in [3.63, 3.8) is 0 Å². The lowest BCUT2D eigenvalue weighted by molar-refractivity contribution is 0.0320. The molecule has 1 aliphatic rings. The van der Waals surface area contributed by atoms with Crippen LogP contribution < -0.4 is 4.74 Å². The Labute approximate surface area is 122 Å². The van der Waals surface area contributed by atoms with E-state index >= 15 is 0 Å². The number of nitrogens with zero attached hydrogens (tertiary/aromatic N) is 1. The van der Waals surface area contributed by atoms with Crippen molar-refractivity contribution >= 4 is 15.9 Å². The maximum atomic E-state index is 9.75. The second kappa shape index (κ2) is 7.24. The highest BCUT2D eigenvalue weighted by Crippen LogP contribution is 2.28. The van der Waals surface area contributed by atoms with Gasteiger partial charge in [0.2, 0.25) is 0 Å². The number of benzene rings is 1. The Balaban J connectivity index is 1.88. The Morgan fingerprint density at radius 3 is 2.84 bits per heavy atom. The van der Waals surface area contributed by atoms with Gasteiger partial charge in [0.15, 0.2) is 0 Å². The van der Waals surface area contributed by atoms with Gasteiger partial charge in [-0.3, -0.25) is 4.90 Å². The highest BCUT2D eigenvalue weighted by molar-refractivity contribution is 9.10. The number of ether oxygens (including phenoxy) is 2. The van der Waals surface area contributed by atoms with Gasteiger partial charge in [0.25, 0.3) is 0 Å². The molecule has 0 saturated carbocycles. The number of hydrogen-bond donors (Lipinski definition) is 1. The highest BCUT2D eigenvalue weighted by atomic mass is 79.9. The molecule has 0 aromatic heterocycles. The number of aliphatic hydroxyl groups excluding tert-OH is 1. The van der Waals surface area contributed by atoms with Crippen LogP contribution >= 0.6 is 15.9 Å². The van der Waals surface area contributed by atoms with Crippen molar-refractivity contribution in [2.75, 3.05) is 39.5 Å². The van der Waals surface area contributed by atoms with Crippen LogP contribution in [0.4, 0.5) is 0 Å². The molecule has 1 fully saturated rings. The first-order valence-corrected chi connectivity index (χ1v) is 7.36. The quantitative estimate of drug-likeness (QED) is 0.899. The third-order valence-electron chi connectivity index (χ3n) is 3.19. The van der Waals surface area contributed by atoms with Gasteiger partial charge in [-0.25, -0.2) is 0 Å². The first-order valence-electron chi connectivity index (χ1n) is 6.57. The number of halogens is 1. The fraction of sp³-hybridized carbons (Fsp3) is 0.571. The van der Waals surface area contributed by atoms with Gasteiger partial charge in [-0.15, -0.1) is 0 Å². The molecular weight excluding hydrogens is 310 g/mol. The molecule has 0 amide bonds. The molecule has 2 rings (SSSR count). The smallest absolute Gasteiger partial charge is 0.125 e. The lowest BCUT2D eigenvalue weighted by Crippen LogP contribution is -2.38. The van der Waals surface area contributed by atoms with Gasteiger partial charge >= 0.3 is 0 Å². The van der Waals surface area contributed by atoms with Crippen LogP contribution in [0.5, 0.6) is 5.75 Å². The summed E-state index contributed by atoms with van der Waals surface area (Å²) in [7, 11) is 0. The molecule has 0 bridgehead atoms. The summed E-state index contributed by atoms with van der Waals surface area (Å²) >= 11 is 3.41. The fourth-order valence-corrected chi connectivity index (χ4v) is 2.47. The average molecular weight is 330 g/mol. The monoisotopic (exact) mass is 329 g/mol. The Bertz CT molecular complexity index is 406. The Morgan fingerprint density at radius 2 is 2.16 bits per heavy atom. The normalized spacial score (nSPS) is 18.3. The zero-order valence-electron chi connectivity index (χ0n) is 11.1. The Morgan fingerprint density at radius 1 is 1.42 bits per heavy atom. The second-order valence-corrected chi connectivity index (χ2v) is 5.58. The molecular formula is C14H20BrNO3. The van der Waals surface area contributed by atoms with Crippen molar-refractivity contribution in [3.05, 3.63) is 28.2 Å². The minimum atomic E-state index is -0.532. The van der Waals surface area contributed by atoms with Gasteiger partial charge < -0.3 is 14.6 Å². The van der Waals surface area contributed by atoms with E-state index in [9.17, 15) is 5.11 Å². The largest absolute Gasteiger partial charge is 0.492 e. The molecule has 1 aromatic rings. The third kappa shape index (κ3) is 4.45. The van der Waals surface area contributed by atoms with Crippen LogP contribution in [0.3, 0.4) is 0 Å². The van der Waals surface area contributed by atoms with Gasteiger partial charge in [0.05, 0.1) is 19.3 Å². The predicted molar refractivity (Wildman–Crippen MR) is 77.5 cm³/mol. The molecule has 0 radical (unpaired) electrons. The van der Waals surface area contributed by atoms with Gasteiger partial charge in [-0.1, -0.05) is 15.9 Å². The van der Waals surface area contributed by atoms with Crippen LogP contribution in [0.2, 0.25) is 0 Å². The topological polar surface area (TPSA) is 41.9 Å². The van der Waals surface area contributed by atoms with Crippen molar-refractivity contribution in [2.45, 2.75) is 13.0 Å². The zero-order valence-corrected chi connectivity index (χ0v) is 12.7. The summed E-state index contributed by atoms with van der Waals surface area (Å²) in [6.45, 7) is 6.80. The SMILES string of the molecule is C[C@@H](O)c1cc(Br)ccc1OCCN1CCOCC1. The average Bonchev–Trinajstić information content (AvgIpc) is 2.41. The summed E-state index contributed by atoms with van der Waals surface area (Å²) in [5.74, 6) is 0.756. The van der Waals surface area contributed by atoms with Crippen LogP contribution in [0.1, 0.15) is 18.6 Å². The van der Waals surface area contributed by atoms with Crippen molar-refractivity contribution in [1.29, 1.82) is 0 Å². The summed E-state index contributed by atoms with van der Waals surface area (Å²) in [5, 5.41) is 9.75. The van der Waals surface area contributed by atoms with Gasteiger partial charge in [-0.2, -0.15) is 0 Å². The third-order valence-corrected chi connectivity index (χ3v) is 3.68. The summed E-state index contributed by atoms with van der Waals surface area (Å²) in [5.41, 5.74) is 0.816. The van der Waals surface area contributed by atoms with Gasteiger partial charge in [-0.05, 0) is 25.1 Å². The molecule has 0 aliphatic carbocycles. The number of hydrogen-bond acceptors (Lipinski definition) is 4. The summed E-state index contributed by atoms with van der Waals surface area (Å²) < 4.78 is 12.0. The van der Waals surface area contributed by atoms with Crippen LogP contribution in [0.25, 0.3) is 0 Å². The number of rotatable bonds is 5. The number of aliphatic hydroxyl groups is 1. The van der Waals surface area contributed by atoms with Crippen molar-refractivity contribution in [1.82, 2.24) is 4.90 Å². The van der Waals surface area contributed by atoms with E-state index in [1.165, 1.54) is 0 Å². The lowest BCUT2D eigenvalue weighted by atomic mass is 10.1. The van der Waals surface area contributed by atoms with Gasteiger partial charge in [0, 0.05) is 29.7 Å². The summed E-state index contributed by atoms with van der Waals surface area (Å²) in [6, 6.07) is 5.72. The fourth-order valence-electron chi connectivity index (χ4n) is 2.09. The standard InChI is InChI=1S/C14H20BrNO3/c1-11(17)13-10-12(15)2-3-14(13)19-9-6-16-4-7-18-8-5-16/h2-3,10-11,17H,4-9H2,1H3/t11-/m1/s1. The van der Waals surface area contributed by atoms with E-state index in [0.29, 0.717) is 6.61 Å². The van der Waals surface area contributed by atoms with E-state index in [2.05, 4.69) is 20.8 Å². The molecule has 4 nitrogen and oxygen atoms in total. The minimum absolute atomic E-state index is 0.532. The number of morpholine rings is 1. The molecule has 19 heavy (non-hydrogen) atoms. The molecule has 1 N–H and O–H groups in total. The maximum absolute atomic E-state index is 9.75. The molecule has 0 spiro atoms. The Kier molecular flexibility index (Phi) is 5.63. The molecule has 1 aliphatic heterocycles. The molecule has 5 heteroatoms. The molecule has 1 saturated heterocycles. The van der Waals surface area contributed by atoms with E-state index in [-0.39, 0.29) is 0 Å². The summed E-state index contributed by atoms with van der Waals surface area (Å²) in [6.07, 6.45) is -0.532. The van der Waals surface area contributed by atoms with Gasteiger partial charge in [0.1, 0.15) is 12.4 Å². The van der Waals surface area contributed by atoms with Crippen molar-refractivity contribution < 1.29 is 14.6 Å². The lowest BCUT2D eigenvalue weighted by Gasteiger charge is -2.26. The Hall–Kier alpha value is -0.620. The van der Waals surface area contributed by atoms with Crippen LogP contribution in [0.15, 0.2) is 22.7 Å². The predicted octanol–water partition coefficient (Wildman–Crippen LogP) is 2.21. The highest BCUT2D eigenvalue weighted by Gasteiger charge is 2.12. The minimum Gasteiger partial charge on any atom is -0.492 e. The van der Waals surface area contributed by atoms with E-state index in [4.69, 9.17) is 9.47 Å². The molecule has 0 unspecified atom stereocenters. The van der Waals surface area contributed by atoms with Crippen LogP contribution in [-0.4, -0.2) is 49.5 Å². The van der Waals surface area contributed by atoms with Crippen LogP contribution in [-0.2, 0) is 4.74 Å². The van der Waals surface area contributed by atoms with E-state index in [0.717, 1.165) is 48.6 Å². The van der Waals surface area contributed by atoms with E-state index in [1.54, 1.807) is 6.92 Å².